The van der Waals surface area contributed by atoms with Gasteiger partial charge in [-0.3, -0.25) is 0 Å². The summed E-state index contributed by atoms with van der Waals surface area (Å²) in [7, 11) is 0. The fourth-order valence-corrected chi connectivity index (χ4v) is 14.3. The lowest BCUT2D eigenvalue weighted by atomic mass is 9.33. The zero-order chi connectivity index (χ0) is 56.6. The van der Waals surface area contributed by atoms with E-state index >= 15 is 0 Å². The molecule has 3 heterocycles. The second kappa shape index (κ2) is 20.2. The first kappa shape index (κ1) is 50.5. The highest BCUT2D eigenvalue weighted by atomic mass is 32.1. The molecular weight excluding hydrogens is 1040 g/mol. The van der Waals surface area contributed by atoms with Crippen LogP contribution in [0.25, 0.3) is 91.8 Å². The van der Waals surface area contributed by atoms with Crippen LogP contribution in [0.1, 0.15) is 31.9 Å². The number of hydrogen-bond acceptors (Lipinski definition) is 4. The molecule has 0 atom stereocenters. The Bertz CT molecular complexity index is 4700. The molecule has 13 aromatic rings. The molecule has 0 fully saturated rings. The third kappa shape index (κ3) is 8.34. The predicted octanol–water partition coefficient (Wildman–Crippen LogP) is 19.9. The normalized spacial score (nSPS) is 12.4. The van der Waals surface area contributed by atoms with Crippen molar-refractivity contribution in [3.63, 3.8) is 0 Å². The van der Waals surface area contributed by atoms with Gasteiger partial charge in [0.25, 0.3) is 6.71 Å². The standard InChI is InChI=1S/C78H53BN4S/c1-78(2,3)58-45-71-74-72(46-58)83(76-65(54-29-16-8-17-30-54)47-59(81-4)48-66(76)55-31-18-9-19-32-55)70-40-38-57(60-34-22-35-62-61-33-20-21-36-73(61)84-77(60)62)44-68(70)79(74)67-43-56(51-23-10-5-11-24-51)37-39-69(67)82(71)75-63(52-25-12-6-13-26-52)41-50(49-80)42-64(75)53-27-14-7-15-28-53/h5-48H,1-3H3. The highest BCUT2D eigenvalue weighted by Crippen LogP contribution is 2.55. The van der Waals surface area contributed by atoms with E-state index in [0.29, 0.717) is 11.3 Å². The van der Waals surface area contributed by atoms with Crippen LogP contribution in [0.3, 0.4) is 0 Å². The van der Waals surface area contributed by atoms with E-state index in [1.165, 1.54) is 47.7 Å². The van der Waals surface area contributed by atoms with Gasteiger partial charge >= 0.3 is 0 Å². The smallest absolute Gasteiger partial charge is 0.252 e. The van der Waals surface area contributed by atoms with Crippen LogP contribution in [0.4, 0.5) is 39.8 Å². The molecule has 0 saturated carbocycles. The summed E-state index contributed by atoms with van der Waals surface area (Å²) in [6.45, 7) is 15.3. The lowest BCUT2D eigenvalue weighted by molar-refractivity contribution is 0.590. The third-order valence-electron chi connectivity index (χ3n) is 17.0. The SMILES string of the molecule is [C-]#[N+]c1cc(-c2ccccc2)c(N2c3ccc(-c4cccc5c4sc4ccccc45)cc3B3c4cc(-c5ccccc5)ccc4N(c4c(-c5ccccc5)cc(C#N)cc4-c4ccccc4)c4cc(C(C)(C)C)cc2c43)c(-c2ccccc2)c1. The van der Waals surface area contributed by atoms with Gasteiger partial charge in [-0.05, 0) is 138 Å². The van der Waals surface area contributed by atoms with Crippen LogP contribution >= 0.6 is 11.3 Å². The Balaban J connectivity index is 1.13. The molecule has 0 N–H and O–H groups in total. The van der Waals surface area contributed by atoms with E-state index in [2.05, 4.69) is 308 Å². The van der Waals surface area contributed by atoms with Crippen LogP contribution in [0.5, 0.6) is 0 Å². The Morgan fingerprint density at radius 3 is 1.35 bits per heavy atom. The van der Waals surface area contributed by atoms with Gasteiger partial charge in [-0.15, -0.1) is 11.3 Å². The number of benzene rings is 12. The van der Waals surface area contributed by atoms with Crippen molar-refractivity contribution in [1.82, 2.24) is 0 Å². The zero-order valence-corrected chi connectivity index (χ0v) is 47.5. The molecule has 0 unspecified atom stereocenters. The minimum Gasteiger partial charge on any atom is -0.310 e. The van der Waals surface area contributed by atoms with Gasteiger partial charge in [0.1, 0.15) is 0 Å². The molecule has 1 aromatic heterocycles. The van der Waals surface area contributed by atoms with E-state index in [9.17, 15) is 5.26 Å². The molecule has 0 aliphatic carbocycles. The average molecular weight is 1090 g/mol. The van der Waals surface area contributed by atoms with Crippen LogP contribution in [-0.4, -0.2) is 6.71 Å². The zero-order valence-electron chi connectivity index (χ0n) is 46.7. The summed E-state index contributed by atoms with van der Waals surface area (Å²) in [6, 6.07) is 98.9. The number of thiophene rings is 1. The fourth-order valence-electron chi connectivity index (χ4n) is 13.1. The first-order chi connectivity index (χ1) is 41.2. The van der Waals surface area contributed by atoms with Gasteiger partial charge in [0.05, 0.1) is 29.6 Å². The number of nitriles is 1. The molecule has 4 nitrogen and oxygen atoms in total. The minimum atomic E-state index is -0.323. The highest BCUT2D eigenvalue weighted by molar-refractivity contribution is 7.26. The van der Waals surface area contributed by atoms with E-state index in [-0.39, 0.29) is 12.1 Å². The Hall–Kier alpha value is -10.5. The molecule has 0 bridgehead atoms. The van der Waals surface area contributed by atoms with E-state index in [0.717, 1.165) is 95.3 Å². The Labute approximate surface area is 495 Å². The summed E-state index contributed by atoms with van der Waals surface area (Å²) in [5.41, 5.74) is 24.3. The molecule has 0 spiro atoms. The third-order valence-corrected chi connectivity index (χ3v) is 18.2. The molecule has 0 amide bonds. The topological polar surface area (TPSA) is 34.6 Å². The van der Waals surface area contributed by atoms with Gasteiger partial charge in [-0.2, -0.15) is 5.26 Å². The number of fused-ring (bicyclic) bond motifs is 7. The summed E-state index contributed by atoms with van der Waals surface area (Å²) in [6.07, 6.45) is 0. The summed E-state index contributed by atoms with van der Waals surface area (Å²) in [4.78, 5) is 9.29. The van der Waals surface area contributed by atoms with Gasteiger partial charge in [-0.25, -0.2) is 4.85 Å². The van der Waals surface area contributed by atoms with Gasteiger partial charge in [-0.1, -0.05) is 233 Å². The molecule has 0 saturated heterocycles. The largest absolute Gasteiger partial charge is 0.310 e. The van der Waals surface area contributed by atoms with Gasteiger partial charge in [0, 0.05) is 54.0 Å². The van der Waals surface area contributed by atoms with Crippen molar-refractivity contribution in [3.05, 3.63) is 289 Å². The Morgan fingerprint density at radius 2 is 0.857 bits per heavy atom. The van der Waals surface area contributed by atoms with E-state index in [1.54, 1.807) is 0 Å². The maximum Gasteiger partial charge on any atom is 0.252 e. The van der Waals surface area contributed by atoms with Gasteiger partial charge in [0.2, 0.25) is 0 Å². The van der Waals surface area contributed by atoms with Crippen molar-refractivity contribution >= 4 is 94.4 Å². The Kier molecular flexibility index (Phi) is 12.1. The quantitative estimate of drug-likeness (QED) is 0.112. The number of nitrogens with zero attached hydrogens (tertiary/aromatic N) is 4. The fraction of sp³-hybridized carbons (Fsp3) is 0.0513. The molecule has 12 aromatic carbocycles. The van der Waals surface area contributed by atoms with Crippen LogP contribution in [0, 0.1) is 17.9 Å². The second-order valence-corrected chi connectivity index (χ2v) is 24.0. The van der Waals surface area contributed by atoms with E-state index in [4.69, 9.17) is 6.57 Å². The molecule has 84 heavy (non-hydrogen) atoms. The maximum atomic E-state index is 11.0. The van der Waals surface area contributed by atoms with Crippen LogP contribution < -0.4 is 26.2 Å². The number of hydrogen-bond donors (Lipinski definition) is 0. The van der Waals surface area contributed by atoms with Crippen molar-refractivity contribution in [1.29, 1.82) is 5.26 Å². The maximum absolute atomic E-state index is 11.0. The predicted molar refractivity (Wildman–Crippen MR) is 356 cm³/mol. The van der Waals surface area contributed by atoms with Crippen molar-refractivity contribution in [2.24, 2.45) is 0 Å². The van der Waals surface area contributed by atoms with Crippen molar-refractivity contribution in [2.45, 2.75) is 26.2 Å². The van der Waals surface area contributed by atoms with E-state index in [1.807, 2.05) is 11.3 Å². The first-order valence-electron chi connectivity index (χ1n) is 28.6. The molecule has 15 rings (SSSR count). The second-order valence-electron chi connectivity index (χ2n) is 23.0. The first-order valence-corrected chi connectivity index (χ1v) is 29.4. The lowest BCUT2D eigenvalue weighted by Gasteiger charge is -2.46. The van der Waals surface area contributed by atoms with Crippen LogP contribution in [0.15, 0.2) is 267 Å². The molecular formula is C78H53BN4S. The molecule has 0 radical (unpaired) electrons. The monoisotopic (exact) mass is 1090 g/mol. The molecule has 2 aliphatic heterocycles. The summed E-state index contributed by atoms with van der Waals surface area (Å²) in [5, 5.41) is 13.5. The van der Waals surface area contributed by atoms with Crippen molar-refractivity contribution < 1.29 is 0 Å². The van der Waals surface area contributed by atoms with Crippen molar-refractivity contribution in [2.75, 3.05) is 9.80 Å². The lowest BCUT2D eigenvalue weighted by Crippen LogP contribution is -2.61. The Morgan fingerprint density at radius 1 is 0.417 bits per heavy atom. The minimum absolute atomic E-state index is 0.270. The molecule has 6 heteroatoms. The highest BCUT2D eigenvalue weighted by Gasteiger charge is 2.46. The van der Waals surface area contributed by atoms with E-state index < -0.39 is 0 Å². The van der Waals surface area contributed by atoms with Gasteiger partial charge in [0.15, 0.2) is 5.69 Å². The molecule has 394 valence electrons. The number of anilines is 6. The van der Waals surface area contributed by atoms with Crippen molar-refractivity contribution in [3.8, 4) is 72.8 Å². The van der Waals surface area contributed by atoms with Gasteiger partial charge < -0.3 is 9.80 Å². The van der Waals surface area contributed by atoms with Crippen LogP contribution in [0.2, 0.25) is 0 Å². The summed E-state index contributed by atoms with van der Waals surface area (Å²) in [5.74, 6) is 0. The molecule has 2 aliphatic rings. The average Bonchev–Trinajstić information content (AvgIpc) is 2.42. The number of rotatable bonds is 8. The van der Waals surface area contributed by atoms with Crippen LogP contribution in [-0.2, 0) is 5.41 Å². The summed E-state index contributed by atoms with van der Waals surface area (Å²) < 4.78 is 2.53. The summed E-state index contributed by atoms with van der Waals surface area (Å²) >= 11 is 1.86.